The summed E-state index contributed by atoms with van der Waals surface area (Å²) in [6.07, 6.45) is 2.33. The fraction of sp³-hybridized carbons (Fsp3) is 0.750. The Morgan fingerprint density at radius 3 is 3.36 bits per heavy atom. The minimum atomic E-state index is 0.141. The molecule has 76 valence electrons. The van der Waals surface area contributed by atoms with Gasteiger partial charge in [-0.15, -0.1) is 10.2 Å². The average Bonchev–Trinajstić information content (AvgIpc) is 2.85. The maximum atomic E-state index is 5.59. The molecule has 14 heavy (non-hydrogen) atoms. The topological polar surface area (TPSA) is 52.0 Å². The number of fused-ring (bicyclic) bond motifs is 1. The lowest BCUT2D eigenvalue weighted by Crippen LogP contribution is -2.26. The van der Waals surface area contributed by atoms with Gasteiger partial charge < -0.3 is 10.2 Å². The zero-order valence-electron chi connectivity index (χ0n) is 7.77. The van der Waals surface area contributed by atoms with Crippen molar-refractivity contribution in [2.24, 2.45) is 0 Å². The zero-order chi connectivity index (χ0) is 9.38. The predicted octanol–water partition coefficient (Wildman–Crippen LogP) is 0.779. The number of ether oxygens (including phenoxy) is 1. The lowest BCUT2D eigenvalue weighted by molar-refractivity contribution is 0.102. The molecule has 0 saturated carbocycles. The molecule has 0 amide bonds. The van der Waals surface area contributed by atoms with Gasteiger partial charge in [0, 0.05) is 18.9 Å². The van der Waals surface area contributed by atoms with Gasteiger partial charge in [-0.3, -0.25) is 0 Å². The minimum absolute atomic E-state index is 0.141. The summed E-state index contributed by atoms with van der Waals surface area (Å²) in [6, 6.07) is 0. The first-order valence-corrected chi connectivity index (χ1v) is 5.87. The molecule has 0 aromatic carbocycles. The van der Waals surface area contributed by atoms with Crippen LogP contribution < -0.4 is 5.43 Å². The lowest BCUT2D eigenvalue weighted by atomic mass is 10.2. The van der Waals surface area contributed by atoms with Gasteiger partial charge in [0.25, 0.3) is 0 Å². The smallest absolute Gasteiger partial charge is 0.210 e. The maximum Gasteiger partial charge on any atom is 0.210 e. The van der Waals surface area contributed by atoms with Crippen LogP contribution in [0.2, 0.25) is 0 Å². The Balaban J connectivity index is 1.93. The third-order valence-corrected chi connectivity index (χ3v) is 3.41. The van der Waals surface area contributed by atoms with Gasteiger partial charge in [0.15, 0.2) is 5.82 Å². The molecule has 6 heteroatoms. The van der Waals surface area contributed by atoms with E-state index in [1.54, 1.807) is 11.8 Å². The molecule has 1 fully saturated rings. The van der Waals surface area contributed by atoms with Crippen molar-refractivity contribution in [1.29, 1.82) is 0 Å². The maximum absolute atomic E-state index is 5.59. The summed E-state index contributed by atoms with van der Waals surface area (Å²) in [6.45, 7) is 1.81. The van der Waals surface area contributed by atoms with Crippen LogP contribution in [0.5, 0.6) is 0 Å². The Morgan fingerprint density at radius 2 is 2.50 bits per heavy atom. The molecule has 0 aliphatic carbocycles. The zero-order valence-corrected chi connectivity index (χ0v) is 8.59. The van der Waals surface area contributed by atoms with E-state index in [0.717, 1.165) is 42.7 Å². The van der Waals surface area contributed by atoms with Gasteiger partial charge in [-0.25, -0.2) is 4.68 Å². The van der Waals surface area contributed by atoms with Crippen molar-refractivity contribution in [3.63, 3.8) is 0 Å². The van der Waals surface area contributed by atoms with Crippen LogP contribution in [0.1, 0.15) is 24.8 Å². The fourth-order valence-corrected chi connectivity index (χ4v) is 2.57. The number of aromatic nitrogens is 3. The van der Waals surface area contributed by atoms with Crippen molar-refractivity contribution >= 4 is 11.8 Å². The van der Waals surface area contributed by atoms with Crippen LogP contribution in [0, 0.1) is 0 Å². The molecule has 0 bridgehead atoms. The van der Waals surface area contributed by atoms with Crippen molar-refractivity contribution in [3.05, 3.63) is 5.82 Å². The van der Waals surface area contributed by atoms with E-state index in [-0.39, 0.29) is 6.10 Å². The molecule has 0 radical (unpaired) electrons. The monoisotopic (exact) mass is 212 g/mol. The van der Waals surface area contributed by atoms with Gasteiger partial charge in [-0.1, -0.05) is 11.8 Å². The third-order valence-electron chi connectivity index (χ3n) is 2.48. The summed E-state index contributed by atoms with van der Waals surface area (Å²) in [5.41, 5.74) is 3.28. The largest absolute Gasteiger partial charge is 0.370 e. The third kappa shape index (κ3) is 1.29. The Bertz CT molecular complexity index is 334. The minimum Gasteiger partial charge on any atom is -0.370 e. The number of hydrogen-bond acceptors (Lipinski definition) is 5. The van der Waals surface area contributed by atoms with Crippen molar-refractivity contribution in [2.75, 3.05) is 24.3 Å². The Morgan fingerprint density at radius 1 is 1.50 bits per heavy atom. The first-order valence-electron chi connectivity index (χ1n) is 4.89. The first-order chi connectivity index (χ1) is 6.95. The van der Waals surface area contributed by atoms with E-state index in [2.05, 4.69) is 15.6 Å². The summed E-state index contributed by atoms with van der Waals surface area (Å²) >= 11 is 1.74. The second-order valence-corrected chi connectivity index (χ2v) is 4.50. The highest BCUT2D eigenvalue weighted by Gasteiger charge is 2.26. The van der Waals surface area contributed by atoms with E-state index < -0.39 is 0 Å². The lowest BCUT2D eigenvalue weighted by Gasteiger charge is -2.18. The van der Waals surface area contributed by atoms with Gasteiger partial charge in [-0.2, -0.15) is 0 Å². The highest BCUT2D eigenvalue weighted by Crippen LogP contribution is 2.29. The molecule has 1 aromatic heterocycles. The molecule has 1 atom stereocenters. The van der Waals surface area contributed by atoms with E-state index in [0.29, 0.717) is 0 Å². The standard InChI is InChI=1S/C8H12N4OS/c1-2-6(13-4-1)7-10-11-8-12(7)9-3-5-14-8/h6,9H,1-5H2. The van der Waals surface area contributed by atoms with Crippen LogP contribution >= 0.6 is 11.8 Å². The first kappa shape index (κ1) is 8.55. The number of rotatable bonds is 1. The quantitative estimate of drug-likeness (QED) is 0.745. The van der Waals surface area contributed by atoms with Gasteiger partial charge in [-0.05, 0) is 12.8 Å². The molecule has 1 aromatic rings. The van der Waals surface area contributed by atoms with E-state index in [9.17, 15) is 0 Å². The van der Waals surface area contributed by atoms with Crippen LogP contribution in [-0.4, -0.2) is 33.8 Å². The molecule has 0 spiro atoms. The molecule has 1 N–H and O–H groups in total. The Kier molecular flexibility index (Phi) is 2.10. The molecule has 3 rings (SSSR count). The highest BCUT2D eigenvalue weighted by molar-refractivity contribution is 7.99. The van der Waals surface area contributed by atoms with Crippen LogP contribution in [0.3, 0.4) is 0 Å². The average molecular weight is 212 g/mol. The molecular weight excluding hydrogens is 200 g/mol. The number of thioether (sulfide) groups is 1. The van der Waals surface area contributed by atoms with Crippen molar-refractivity contribution in [3.8, 4) is 0 Å². The molecule has 2 aliphatic heterocycles. The molecule has 3 heterocycles. The number of hydrogen-bond donors (Lipinski definition) is 1. The Hall–Kier alpha value is -0.750. The van der Waals surface area contributed by atoms with Crippen LogP contribution in [0.25, 0.3) is 0 Å². The Labute approximate surface area is 86.2 Å². The van der Waals surface area contributed by atoms with Gasteiger partial charge in [0.1, 0.15) is 6.10 Å². The second-order valence-electron chi connectivity index (χ2n) is 3.43. The molecule has 1 unspecified atom stereocenters. The normalized spacial score (nSPS) is 25.9. The van der Waals surface area contributed by atoms with E-state index in [1.165, 1.54) is 0 Å². The van der Waals surface area contributed by atoms with Crippen molar-refractivity contribution in [2.45, 2.75) is 24.1 Å². The van der Waals surface area contributed by atoms with Gasteiger partial charge in [0.05, 0.1) is 0 Å². The molecule has 2 aliphatic rings. The summed E-state index contributed by atoms with van der Waals surface area (Å²) < 4.78 is 7.57. The number of nitrogens with one attached hydrogen (secondary N) is 1. The van der Waals surface area contributed by atoms with E-state index >= 15 is 0 Å². The van der Waals surface area contributed by atoms with E-state index in [4.69, 9.17) is 4.74 Å². The molecule has 1 saturated heterocycles. The summed E-state index contributed by atoms with van der Waals surface area (Å²) in [5, 5.41) is 9.28. The number of nitrogens with zero attached hydrogens (tertiary/aromatic N) is 3. The van der Waals surface area contributed by atoms with E-state index in [1.807, 2.05) is 4.68 Å². The fourth-order valence-electron chi connectivity index (χ4n) is 1.81. The van der Waals surface area contributed by atoms with Gasteiger partial charge >= 0.3 is 0 Å². The SMILES string of the molecule is C1COC(c2nnc3n2NCCS3)C1. The second kappa shape index (κ2) is 3.43. The summed E-state index contributed by atoms with van der Waals surface area (Å²) in [4.78, 5) is 0. The van der Waals surface area contributed by atoms with Crippen LogP contribution in [-0.2, 0) is 4.74 Å². The predicted molar refractivity (Wildman–Crippen MR) is 52.9 cm³/mol. The molecular formula is C8H12N4OS. The highest BCUT2D eigenvalue weighted by atomic mass is 32.2. The van der Waals surface area contributed by atoms with Gasteiger partial charge in [0.2, 0.25) is 5.16 Å². The summed E-state index contributed by atoms with van der Waals surface area (Å²) in [7, 11) is 0. The van der Waals surface area contributed by atoms with Crippen LogP contribution in [0.4, 0.5) is 0 Å². The van der Waals surface area contributed by atoms with Crippen molar-refractivity contribution < 1.29 is 4.74 Å². The molecule has 5 nitrogen and oxygen atoms in total. The van der Waals surface area contributed by atoms with Crippen molar-refractivity contribution in [1.82, 2.24) is 14.9 Å². The van der Waals surface area contributed by atoms with Crippen LogP contribution in [0.15, 0.2) is 5.16 Å². The summed E-state index contributed by atoms with van der Waals surface area (Å²) in [5.74, 6) is 1.99.